The summed E-state index contributed by atoms with van der Waals surface area (Å²) in [6, 6.07) is 15.7. The van der Waals surface area contributed by atoms with Crippen molar-refractivity contribution in [2.45, 2.75) is 4.90 Å². The number of carbonyl (C=O) groups is 1. The molecule has 62 heavy (non-hydrogen) atoms. The molecule has 5 aromatic rings. The molecule has 1 radical (unpaired) electrons. The zero-order valence-corrected chi connectivity index (χ0v) is 32.6. The first-order chi connectivity index (χ1) is 28.7. The summed E-state index contributed by atoms with van der Waals surface area (Å²) in [7, 11) is -10.5. The van der Waals surface area contributed by atoms with Crippen LogP contribution >= 0.6 is 0 Å². The number of ketones is 1. The average Bonchev–Trinajstić information content (AvgIpc) is 3.20. The molecule has 319 valence electrons. The summed E-state index contributed by atoms with van der Waals surface area (Å²) < 4.78 is 71.3. The van der Waals surface area contributed by atoms with E-state index in [9.17, 15) is 71.3 Å². The number of carbonyl (C=O) groups excluding carboxylic acids is 1. The summed E-state index contributed by atoms with van der Waals surface area (Å²) in [5.74, 6) is -3.52. The van der Waals surface area contributed by atoms with E-state index in [1.54, 1.807) is 0 Å². The van der Waals surface area contributed by atoms with Gasteiger partial charge in [-0.3, -0.25) is 40.6 Å². The average molecular weight is 936 g/mol. The summed E-state index contributed by atoms with van der Waals surface area (Å²) in [6.07, 6.45) is 0.384. The molecule has 0 aliphatic heterocycles. The fourth-order valence-corrected chi connectivity index (χ4v) is 6.67. The molecule has 28 heteroatoms. The molecule has 0 saturated carbocycles. The number of nitrogens with one attached hydrogen (secondary N) is 2. The first-order valence-corrected chi connectivity index (χ1v) is 19.1. The van der Waals surface area contributed by atoms with Gasteiger partial charge < -0.3 is 24.6 Å². The Balaban J connectivity index is 0.00000363. The molecular weight excluding hydrogens is 916 g/mol. The molecule has 0 bridgehead atoms. The van der Waals surface area contributed by atoms with Crippen LogP contribution in [0.3, 0.4) is 0 Å². The maximum absolute atomic E-state index is 13.6. The van der Waals surface area contributed by atoms with Gasteiger partial charge in [0.05, 0.1) is 58.7 Å². The molecule has 0 aromatic heterocycles. The summed E-state index contributed by atoms with van der Waals surface area (Å²) in [5.41, 5.74) is -3.08. The van der Waals surface area contributed by atoms with Crippen LogP contribution < -0.4 is 21.0 Å². The molecule has 1 aliphatic carbocycles. The van der Waals surface area contributed by atoms with Crippen molar-refractivity contribution >= 4 is 93.5 Å². The van der Waals surface area contributed by atoms with Crippen LogP contribution in [0.5, 0.6) is 11.5 Å². The minimum atomic E-state index is -5.35. The second kappa shape index (κ2) is 17.8. The van der Waals surface area contributed by atoms with Gasteiger partial charge in [-0.15, -0.1) is 0 Å². The van der Waals surface area contributed by atoms with Gasteiger partial charge in [0.2, 0.25) is 5.78 Å². The van der Waals surface area contributed by atoms with Crippen molar-refractivity contribution < 1.29 is 75.6 Å². The van der Waals surface area contributed by atoms with Crippen molar-refractivity contribution in [2.24, 2.45) is 25.6 Å². The first kappa shape index (κ1) is 45.2. The molecule has 25 nitrogen and oxygen atoms in total. The van der Waals surface area contributed by atoms with Gasteiger partial charge in [0.25, 0.3) is 17.1 Å². The number of nitro benzene ring substituents is 3. The van der Waals surface area contributed by atoms with Crippen LogP contribution in [0.4, 0.5) is 56.9 Å². The van der Waals surface area contributed by atoms with E-state index in [-0.39, 0.29) is 53.9 Å². The minimum absolute atomic E-state index is 0. The van der Waals surface area contributed by atoms with E-state index in [0.717, 1.165) is 60.7 Å². The molecule has 5 aromatic carbocycles. The number of allylic oxidation sites excluding steroid dienone is 1. The fourth-order valence-electron chi connectivity index (χ4n) is 5.32. The number of hydrogen-bond acceptors (Lipinski definition) is 22. The van der Waals surface area contributed by atoms with Gasteiger partial charge in [0.1, 0.15) is 25.9 Å². The summed E-state index contributed by atoms with van der Waals surface area (Å²) in [4.78, 5) is 42.1. The van der Waals surface area contributed by atoms with Crippen molar-refractivity contribution in [3.8, 4) is 11.5 Å². The van der Waals surface area contributed by atoms with E-state index in [4.69, 9.17) is 0 Å². The Morgan fingerprint density at radius 1 is 0.597 bits per heavy atom. The molecule has 0 amide bonds. The van der Waals surface area contributed by atoms with Crippen molar-refractivity contribution in [1.82, 2.24) is 0 Å². The van der Waals surface area contributed by atoms with Crippen molar-refractivity contribution in [3.63, 3.8) is 0 Å². The minimum Gasteiger partial charge on any atom is -0.870 e. The SMILES string of the molecule is O=C1C=C(S(=O)(=O)[O-])c2cc([N+](=O)[O-])ccc2/C1=N\Nc1cc(N=Nc2ccc(Nc3ccc([N+](=O)[O-])cc3S(=O)(=O)[O-])cc2)c([O-])c(N=Nc2ccc([N+](=O)[O-])cc2)c1[O-].[Cu+2].[H+].[H+]. The summed E-state index contributed by atoms with van der Waals surface area (Å²) in [5, 5.41) is 82.5. The fraction of sp³-hybridized carbons (Fsp3) is 0. The zero-order chi connectivity index (χ0) is 44.4. The normalized spacial score (nSPS) is 13.4. The van der Waals surface area contributed by atoms with Gasteiger partial charge in [-0.1, -0.05) is 11.5 Å². The summed E-state index contributed by atoms with van der Waals surface area (Å²) in [6.45, 7) is 0. The quantitative estimate of drug-likeness (QED) is 0.0480. The molecule has 6 rings (SSSR count). The Morgan fingerprint density at radius 2 is 1.15 bits per heavy atom. The predicted octanol–water partition coefficient (Wildman–Crippen LogP) is 5.54. The molecular formula is C34H20CuN10O15S2. The van der Waals surface area contributed by atoms with Crippen LogP contribution in [0.1, 0.15) is 14.0 Å². The maximum Gasteiger partial charge on any atom is 2.00 e. The Labute approximate surface area is 359 Å². The van der Waals surface area contributed by atoms with Crippen LogP contribution in [0.25, 0.3) is 4.91 Å². The third-order valence-electron chi connectivity index (χ3n) is 8.17. The molecule has 0 unspecified atom stereocenters. The van der Waals surface area contributed by atoms with Crippen molar-refractivity contribution in [2.75, 3.05) is 10.7 Å². The Morgan fingerprint density at radius 3 is 1.73 bits per heavy atom. The van der Waals surface area contributed by atoms with Crippen LogP contribution in [-0.2, 0) is 42.1 Å². The third-order valence-corrected chi connectivity index (χ3v) is 9.92. The monoisotopic (exact) mass is 935 g/mol. The second-order valence-corrected chi connectivity index (χ2v) is 14.8. The Kier molecular flexibility index (Phi) is 13.0. The Hall–Kier alpha value is -7.88. The summed E-state index contributed by atoms with van der Waals surface area (Å²) >= 11 is 0. The molecule has 1 aliphatic rings. The molecule has 0 fully saturated rings. The number of fused-ring (bicyclic) bond motifs is 1. The van der Waals surface area contributed by atoms with E-state index < -0.39 is 102 Å². The number of anilines is 3. The van der Waals surface area contributed by atoms with Crippen LogP contribution in [0.15, 0.2) is 128 Å². The zero-order valence-electron chi connectivity index (χ0n) is 32.1. The van der Waals surface area contributed by atoms with Gasteiger partial charge in [0.15, 0.2) is 0 Å². The smallest absolute Gasteiger partial charge is 0.870 e. The number of benzene rings is 5. The molecule has 0 saturated heterocycles. The van der Waals surface area contributed by atoms with Gasteiger partial charge in [-0.05, 0) is 54.6 Å². The van der Waals surface area contributed by atoms with Crippen LogP contribution in [0, 0.1) is 30.3 Å². The largest absolute Gasteiger partial charge is 2.00 e. The number of nitrogens with zero attached hydrogens (tertiary/aromatic N) is 8. The van der Waals surface area contributed by atoms with Gasteiger partial charge in [0, 0.05) is 59.3 Å². The predicted molar refractivity (Wildman–Crippen MR) is 206 cm³/mol. The van der Waals surface area contributed by atoms with E-state index >= 15 is 0 Å². The Bertz CT molecular complexity index is 3070. The van der Waals surface area contributed by atoms with E-state index in [1.807, 2.05) is 0 Å². The molecule has 2 N–H and O–H groups in total. The first-order valence-electron chi connectivity index (χ1n) is 16.3. The standard InChI is InChI=1S/C34H22N10O15S2.Cu/c45-28-16-29(60(54,55)56)24-13-21(43(50)51)9-11-23(24)31(28)40-39-27-15-26(33(46)32(34(27)47)41-37-19-5-7-20(8-6-19)42(48)49)38-36-18-3-1-17(2-4-18)35-25-12-10-22(44(52)53)14-30(25)61(57,58)59;/h1-16,35,39,46-47H,(H,54,55,56)(H,57,58,59);/q;+2/p-2/b38-36?,40-31+,41-37?;. The molecule has 0 atom stereocenters. The number of hydrazone groups is 1. The van der Waals surface area contributed by atoms with Gasteiger partial charge >= 0.3 is 19.9 Å². The van der Waals surface area contributed by atoms with Crippen LogP contribution in [-0.4, -0.2) is 52.2 Å². The number of rotatable bonds is 13. The number of hydrogen-bond donors (Lipinski definition) is 2. The van der Waals surface area contributed by atoms with E-state index in [1.165, 1.54) is 24.3 Å². The van der Waals surface area contributed by atoms with Crippen molar-refractivity contribution in [3.05, 3.63) is 139 Å². The van der Waals surface area contributed by atoms with Gasteiger partial charge in [-0.25, -0.2) is 16.8 Å². The number of azo groups is 2. The van der Waals surface area contributed by atoms with E-state index in [2.05, 4.69) is 36.3 Å². The third kappa shape index (κ3) is 9.93. The molecule has 0 heterocycles. The van der Waals surface area contributed by atoms with E-state index in [0.29, 0.717) is 12.1 Å². The second-order valence-electron chi connectivity index (χ2n) is 12.1. The van der Waals surface area contributed by atoms with Crippen LogP contribution in [0.2, 0.25) is 0 Å². The number of nitro groups is 3. The number of non-ortho nitro benzene ring substituents is 3. The maximum atomic E-state index is 13.6. The molecule has 0 spiro atoms. The van der Waals surface area contributed by atoms with Gasteiger partial charge in [-0.2, -0.15) is 25.6 Å². The topological polar surface area (TPSA) is 393 Å². The van der Waals surface area contributed by atoms with Crippen molar-refractivity contribution in [1.29, 1.82) is 0 Å².